The monoisotopic (exact) mass is 624 g/mol. The number of alkyl halides is 17. The van der Waals surface area contributed by atoms with Crippen LogP contribution in [0.5, 0.6) is 0 Å². The highest BCUT2D eigenvalue weighted by atomic mass is 32.2. The van der Waals surface area contributed by atoms with Crippen molar-refractivity contribution < 1.29 is 93.0 Å². The van der Waals surface area contributed by atoms with Gasteiger partial charge in [0.05, 0.1) is 17.2 Å². The van der Waals surface area contributed by atoms with E-state index in [9.17, 15) is 88.2 Å². The van der Waals surface area contributed by atoms with Crippen LogP contribution in [0.15, 0.2) is 12.2 Å². The molecule has 226 valence electrons. The van der Waals surface area contributed by atoms with Crippen molar-refractivity contribution in [1.82, 2.24) is 4.47 Å². The Bertz CT molecular complexity index is 933. The van der Waals surface area contributed by atoms with E-state index in [1.54, 1.807) is 0 Å². The molecular weight excluding hydrogens is 613 g/mol. The molecule has 38 heavy (non-hydrogen) atoms. The van der Waals surface area contributed by atoms with Gasteiger partial charge in [-0.2, -0.15) is 74.6 Å². The molecule has 0 saturated carbocycles. The van der Waals surface area contributed by atoms with E-state index < -0.39 is 87.3 Å². The Kier molecular flexibility index (Phi) is 9.73. The summed E-state index contributed by atoms with van der Waals surface area (Å²) in [6, 6.07) is 0. The lowest BCUT2D eigenvalue weighted by atomic mass is 9.81. The Balaban J connectivity index is 6.84. The molecule has 0 amide bonds. The Morgan fingerprint density at radius 2 is 1.08 bits per heavy atom. The highest BCUT2D eigenvalue weighted by molar-refractivity contribution is 7.76. The minimum atomic E-state index is -8.79. The van der Waals surface area contributed by atoms with E-state index in [1.807, 2.05) is 0 Å². The van der Waals surface area contributed by atoms with Crippen LogP contribution in [0.3, 0.4) is 0 Å². The second-order valence-corrected chi connectivity index (χ2v) is 8.04. The Morgan fingerprint density at radius 3 is 1.37 bits per heavy atom. The molecule has 0 radical (unpaired) electrons. The lowest BCUT2D eigenvalue weighted by Gasteiger charge is -2.44. The molecule has 0 aliphatic heterocycles. The number of carbonyl (C=O) groups is 1. The van der Waals surface area contributed by atoms with Crippen LogP contribution in [0.25, 0.3) is 0 Å². The molecule has 0 aromatic rings. The normalized spacial score (nSPS) is 16.9. The van der Waals surface area contributed by atoms with Crippen molar-refractivity contribution in [3.8, 4) is 0 Å². The van der Waals surface area contributed by atoms with Gasteiger partial charge in [0.2, 0.25) is 0 Å². The summed E-state index contributed by atoms with van der Waals surface area (Å²) < 4.78 is 248. The van der Waals surface area contributed by atoms with E-state index in [1.165, 1.54) is 0 Å². The number of rotatable bonds is 12. The highest BCUT2D eigenvalue weighted by Crippen LogP contribution is 2.64. The molecule has 0 N–H and O–H groups in total. The first kappa shape index (κ1) is 36.1. The number of hydroxylamine groups is 1. The summed E-state index contributed by atoms with van der Waals surface area (Å²) in [5, 5.41) is 0. The molecule has 2 atom stereocenters. The van der Waals surface area contributed by atoms with E-state index >= 15 is 0 Å². The molecule has 5 nitrogen and oxygen atoms in total. The second kappa shape index (κ2) is 10.2. The van der Waals surface area contributed by atoms with E-state index in [2.05, 4.69) is 11.4 Å². The van der Waals surface area contributed by atoms with Gasteiger partial charge in [-0.25, -0.2) is 4.79 Å². The molecular formula is C15H11F17NO4S-. The molecule has 0 bridgehead atoms. The maximum absolute atomic E-state index is 14.4. The van der Waals surface area contributed by atoms with E-state index in [4.69, 9.17) is 0 Å². The Hall–Kier alpha value is -1.91. The van der Waals surface area contributed by atoms with Crippen LogP contribution < -0.4 is 0 Å². The molecule has 0 saturated heterocycles. The summed E-state index contributed by atoms with van der Waals surface area (Å²) in [6.07, 6.45) is -9.61. The van der Waals surface area contributed by atoms with Gasteiger partial charge in [-0.1, -0.05) is 18.0 Å². The summed E-state index contributed by atoms with van der Waals surface area (Å²) >= 11 is -3.51. The minimum Gasteiger partial charge on any atom is -0.757 e. The molecule has 0 aromatic carbocycles. The van der Waals surface area contributed by atoms with Crippen molar-refractivity contribution in [2.24, 2.45) is 5.92 Å². The van der Waals surface area contributed by atoms with Gasteiger partial charge in [-0.3, -0.25) is 4.21 Å². The van der Waals surface area contributed by atoms with Gasteiger partial charge in [-0.05, 0) is 6.42 Å². The minimum absolute atomic E-state index is 0.311. The average molecular weight is 624 g/mol. The number of nitrogens with zero attached hydrogens (tertiary/aromatic N) is 1. The molecule has 0 fully saturated rings. The fourth-order valence-corrected chi connectivity index (χ4v) is 2.59. The summed E-state index contributed by atoms with van der Waals surface area (Å²) in [4.78, 5) is 15.4. The van der Waals surface area contributed by atoms with Gasteiger partial charge in [0.25, 0.3) is 0 Å². The molecule has 0 rings (SSSR count). The lowest BCUT2D eigenvalue weighted by Crippen LogP contribution is -2.75. The number of hydrogen-bond acceptors (Lipinski definition) is 4. The molecule has 0 heterocycles. The third-order valence-electron chi connectivity index (χ3n) is 4.70. The first-order chi connectivity index (χ1) is 16.4. The van der Waals surface area contributed by atoms with Gasteiger partial charge in [0.1, 0.15) is 0 Å². The Morgan fingerprint density at radius 1 is 0.763 bits per heavy atom. The number of hydrogen-bond donors (Lipinski definition) is 0. The summed E-state index contributed by atoms with van der Waals surface area (Å²) in [5.41, 5.74) is -2.12. The van der Waals surface area contributed by atoms with Crippen LogP contribution in [0.1, 0.15) is 13.3 Å². The van der Waals surface area contributed by atoms with Crippen LogP contribution >= 0.6 is 0 Å². The van der Waals surface area contributed by atoms with Crippen LogP contribution in [0, 0.1) is 5.92 Å². The van der Waals surface area contributed by atoms with Crippen LogP contribution in [-0.4, -0.2) is 73.9 Å². The van der Waals surface area contributed by atoms with Crippen molar-refractivity contribution in [3.05, 3.63) is 12.2 Å². The number of halogens is 17. The fourth-order valence-electron chi connectivity index (χ4n) is 2.46. The summed E-state index contributed by atoms with van der Waals surface area (Å²) in [5.74, 6) is -64.3. The fraction of sp³-hybridized carbons (Fsp3) is 0.800. The first-order valence-electron chi connectivity index (χ1n) is 8.81. The zero-order valence-electron chi connectivity index (χ0n) is 17.9. The topological polar surface area (TPSA) is 69.7 Å². The predicted molar refractivity (Wildman–Crippen MR) is 86.4 cm³/mol. The summed E-state index contributed by atoms with van der Waals surface area (Å²) in [7, 11) is 0.343. The van der Waals surface area contributed by atoms with E-state index in [-0.39, 0.29) is 0 Å². The van der Waals surface area contributed by atoms with Gasteiger partial charge in [-0.15, -0.1) is 0 Å². The molecule has 23 heteroatoms. The highest BCUT2D eigenvalue weighted by Gasteiger charge is 2.95. The quantitative estimate of drug-likeness (QED) is 0.120. The maximum Gasteiger partial charge on any atom is 0.460 e. The van der Waals surface area contributed by atoms with Gasteiger partial charge >= 0.3 is 53.6 Å². The number of carbonyl (C=O) groups excluding carboxylic acids is 1. The second-order valence-electron chi connectivity index (χ2n) is 7.09. The smallest absolute Gasteiger partial charge is 0.460 e. The van der Waals surface area contributed by atoms with Gasteiger partial charge in [0, 0.05) is 12.6 Å². The van der Waals surface area contributed by atoms with Crippen molar-refractivity contribution in [2.45, 2.75) is 61.0 Å². The van der Waals surface area contributed by atoms with Gasteiger partial charge < -0.3 is 9.39 Å². The SMILES string of the molecule is C=C(C(=O)ON(C)S(=O)[O-])C(CC)C(F)(F)C(F)(F)C(F)(F)C(F)(F)C(F)(F)C(F)(F)C(F)(F)C(F)(F)F. The van der Waals surface area contributed by atoms with E-state index in [0.717, 1.165) is 0 Å². The van der Waals surface area contributed by atoms with Gasteiger partial charge in [0.15, 0.2) is 0 Å². The van der Waals surface area contributed by atoms with Crippen LogP contribution in [0.4, 0.5) is 74.6 Å². The van der Waals surface area contributed by atoms with Crippen molar-refractivity contribution in [2.75, 3.05) is 7.05 Å². The standard InChI is InChI=1S/C15H12F17NO4S/c1-4-6(5(2)7(34)37-33(3)38(35)36)8(16,17)9(18,19)10(20,21)11(22,23)12(24,25)13(26,27)14(28,29)15(30,31)32/h6H,2,4H2,1,3H3,(H,35,36)/p-1. The predicted octanol–water partition coefficient (Wildman–Crippen LogP) is 5.76. The first-order valence-corrected chi connectivity index (χ1v) is 9.84. The third kappa shape index (κ3) is 5.16. The van der Waals surface area contributed by atoms with Crippen molar-refractivity contribution >= 4 is 17.2 Å². The van der Waals surface area contributed by atoms with Crippen LogP contribution in [0.2, 0.25) is 0 Å². The van der Waals surface area contributed by atoms with Crippen molar-refractivity contribution in [3.63, 3.8) is 0 Å². The molecule has 0 aromatic heterocycles. The maximum atomic E-state index is 14.4. The molecule has 0 aliphatic carbocycles. The zero-order valence-corrected chi connectivity index (χ0v) is 18.7. The zero-order chi connectivity index (χ0) is 31.3. The Labute approximate surface area is 201 Å². The summed E-state index contributed by atoms with van der Waals surface area (Å²) in [6.45, 7) is 2.68. The molecule has 2 unspecified atom stereocenters. The molecule has 0 spiro atoms. The third-order valence-corrected chi connectivity index (χ3v) is 5.19. The van der Waals surface area contributed by atoms with E-state index in [0.29, 0.717) is 14.0 Å². The average Bonchev–Trinajstić information content (AvgIpc) is 2.71. The van der Waals surface area contributed by atoms with Crippen LogP contribution in [-0.2, 0) is 20.9 Å². The van der Waals surface area contributed by atoms with Crippen molar-refractivity contribution in [1.29, 1.82) is 0 Å². The largest absolute Gasteiger partial charge is 0.757 e. The lowest BCUT2D eigenvalue weighted by molar-refractivity contribution is -0.463. The molecule has 0 aliphatic rings.